The van der Waals surface area contributed by atoms with Crippen LogP contribution in [0.25, 0.3) is 0 Å². The van der Waals surface area contributed by atoms with Crippen LogP contribution in [0.3, 0.4) is 0 Å². The smallest absolute Gasteiger partial charge is 0.326 e. The van der Waals surface area contributed by atoms with Crippen molar-refractivity contribution in [3.05, 3.63) is 35.9 Å². The Hall–Kier alpha value is -12.1. The molecule has 1 heterocycles. The van der Waals surface area contributed by atoms with Crippen LogP contribution in [-0.4, -0.2) is 264 Å². The maximum atomic E-state index is 14.6. The molecule has 1 aromatic rings. The molecule has 0 unspecified atom stereocenters. The quantitative estimate of drug-likeness (QED) is 0.0170. The maximum absolute atomic E-state index is 14.6. The molecule has 0 aromatic heterocycles. The number of aliphatic carboxylic acids is 1. The van der Waals surface area contributed by atoms with Crippen LogP contribution in [0.4, 0.5) is 0 Å². The second-order valence-electron chi connectivity index (χ2n) is 35.7. The van der Waals surface area contributed by atoms with E-state index in [1.165, 1.54) is 25.7 Å². The third-order valence-electron chi connectivity index (χ3n) is 22.5. The summed E-state index contributed by atoms with van der Waals surface area (Å²) < 4.78 is 0. The maximum Gasteiger partial charge on any atom is 0.326 e. The van der Waals surface area contributed by atoms with Crippen molar-refractivity contribution in [2.24, 2.45) is 75.3 Å². The molecule has 1 aliphatic rings. The van der Waals surface area contributed by atoms with Gasteiger partial charge in [-0.15, -0.1) is 0 Å². The fourth-order valence-corrected chi connectivity index (χ4v) is 13.9. The highest BCUT2D eigenvalue weighted by Crippen LogP contribution is 2.23. The number of primary amides is 1. The lowest BCUT2D eigenvalue weighted by Crippen LogP contribution is -2.60. The standard InChI is InChI=1S/C88H149N23O21/c1-20-48(13)69(109-76(120)56(89)38-55-29-25-24-26-30-55)82(126)97-42-65(114)98-53(18)74(118)108-71(50(15)22-3)85(129)105-61(37-46(9)10)86(130)111-34-28-32-62(111)80(124)99-54(19)75(119)107-70(49(14)21-2)83(127)100-52(17)73(117)95-43-67(116)102-58(35-44(5)6)78(122)106-68(47(11)12)81(125)96-40-64(113)94-41-66(115)101-59(36-45(7)8)79(123)110-72(51(16)23-4)84(128)104-60(39-63(90)112)77(121)103-57(87(131)132)31-27-33-93-88(91)92/h24-26,29-30,44-54,56-62,68-72H,20-23,27-28,31-43,89H2,1-19H3,(H2,90,112)(H,94,113)(H,95,117)(H,96,125)(H,97,126)(H,98,114)(H,99,124)(H,100,127)(H,101,115)(H,102,116)(H,103,121)(H,104,128)(H,105,129)(H,106,122)(H,107,119)(H,108,118)(H,109,120)(H,110,123)(H,131,132)(H4,91,92,93)/t48-,49-,50-,51-,52-,53-,54-,56-,57-,58-,59-,60-,61-,62-,68-,69-,70-,71-,72-/m0/s1. The lowest BCUT2D eigenvalue weighted by atomic mass is 9.96. The molecule has 0 aliphatic carbocycles. The molecular formula is C88H149N23O21. The normalized spacial score (nSPS) is 16.5. The summed E-state index contributed by atoms with van der Waals surface area (Å²) in [4.78, 5) is 276. The van der Waals surface area contributed by atoms with Crippen molar-refractivity contribution in [3.63, 3.8) is 0 Å². The minimum atomic E-state index is -1.68. The fraction of sp³-hybridized carbons (Fsp3) is 0.693. The minimum Gasteiger partial charge on any atom is -0.480 e. The van der Waals surface area contributed by atoms with Crippen molar-refractivity contribution >= 4 is 124 Å². The Morgan fingerprint density at radius 2 is 0.780 bits per heavy atom. The molecule has 44 heteroatoms. The first-order chi connectivity index (χ1) is 61.8. The van der Waals surface area contributed by atoms with Crippen LogP contribution in [0.15, 0.2) is 35.3 Å². The Balaban J connectivity index is 2.09. The molecule has 1 fully saturated rings. The Kier molecular flexibility index (Phi) is 51.4. The monoisotopic (exact) mass is 1860 g/mol. The van der Waals surface area contributed by atoms with Gasteiger partial charge in [-0.2, -0.15) is 0 Å². The summed E-state index contributed by atoms with van der Waals surface area (Å²) in [6.07, 6.45) is 1.72. The molecule has 1 saturated heterocycles. The highest BCUT2D eigenvalue weighted by molar-refractivity contribution is 6.01. The van der Waals surface area contributed by atoms with Crippen LogP contribution in [0.2, 0.25) is 0 Å². The van der Waals surface area contributed by atoms with Crippen molar-refractivity contribution in [2.45, 2.75) is 306 Å². The first-order valence-electron chi connectivity index (χ1n) is 45.5. The van der Waals surface area contributed by atoms with E-state index in [9.17, 15) is 101 Å². The number of nitrogens with two attached hydrogens (primary N) is 4. The molecule has 1 aliphatic heterocycles. The number of carbonyl (C=O) groups is 20. The lowest BCUT2D eigenvalue weighted by Gasteiger charge is -2.32. The molecule has 132 heavy (non-hydrogen) atoms. The summed E-state index contributed by atoms with van der Waals surface area (Å²) in [5, 5.41) is 53.1. The predicted molar refractivity (Wildman–Crippen MR) is 489 cm³/mol. The second-order valence-corrected chi connectivity index (χ2v) is 35.7. The number of amides is 19. The van der Waals surface area contributed by atoms with E-state index in [-0.39, 0.29) is 87.7 Å². The van der Waals surface area contributed by atoms with Crippen molar-refractivity contribution < 1.29 is 101 Å². The molecule has 19 atom stereocenters. The molecule has 0 bridgehead atoms. The van der Waals surface area contributed by atoms with Gasteiger partial charge in [0.2, 0.25) is 112 Å². The molecular weight excluding hydrogens is 1720 g/mol. The number of benzene rings is 1. The van der Waals surface area contributed by atoms with E-state index >= 15 is 0 Å². The van der Waals surface area contributed by atoms with E-state index in [1.54, 1.807) is 90.0 Å². The molecule has 742 valence electrons. The van der Waals surface area contributed by atoms with Crippen LogP contribution in [0.5, 0.6) is 0 Å². The number of likely N-dealkylation sites (tertiary alicyclic amines) is 1. The van der Waals surface area contributed by atoms with Crippen LogP contribution >= 0.6 is 0 Å². The number of rotatable bonds is 59. The first-order valence-corrected chi connectivity index (χ1v) is 45.5. The summed E-state index contributed by atoms with van der Waals surface area (Å²) in [7, 11) is 0. The summed E-state index contributed by atoms with van der Waals surface area (Å²) in [6.45, 7) is 29.2. The van der Waals surface area contributed by atoms with E-state index in [0.717, 1.165) is 5.56 Å². The van der Waals surface area contributed by atoms with Gasteiger partial charge in [-0.1, -0.05) is 167 Å². The lowest BCUT2D eigenvalue weighted by molar-refractivity contribution is -0.143. The first kappa shape index (κ1) is 116. The van der Waals surface area contributed by atoms with Gasteiger partial charge in [0.25, 0.3) is 0 Å². The van der Waals surface area contributed by atoms with Crippen molar-refractivity contribution in [1.29, 1.82) is 0 Å². The third kappa shape index (κ3) is 41.5. The van der Waals surface area contributed by atoms with E-state index in [4.69, 9.17) is 22.9 Å². The number of nitrogens with zero attached hydrogens (tertiary/aromatic N) is 2. The van der Waals surface area contributed by atoms with Gasteiger partial charge in [0.05, 0.1) is 38.6 Å². The Labute approximate surface area is 773 Å². The van der Waals surface area contributed by atoms with Gasteiger partial charge in [0, 0.05) is 13.1 Å². The Bertz CT molecular complexity index is 4110. The molecule has 0 radical (unpaired) electrons. The molecule has 44 nitrogen and oxygen atoms in total. The molecule has 2 rings (SSSR count). The SMILES string of the molecule is CC[C@H](C)[C@H](NC(=O)[C@H](C)NC(=O)[C@@H]1CCCN1C(=O)[C@H](CC(C)C)NC(=O)[C@@H](NC(=O)[C@H](C)NC(=O)CNC(=O)[C@@H](NC(=O)[C@@H](N)Cc1ccccc1)[C@@H](C)CC)[C@@H](C)CC)C(=O)N[C@@H](C)C(=O)NCC(=O)N[C@@H](CC(C)C)C(=O)N[C@H](C(=O)NCC(=O)NCC(=O)N[C@@H](CC(C)C)C(=O)N[C@H](C(=O)N[C@@H](CC(N)=O)C(=O)N[C@@H](CCCN=C(N)N)C(=O)O)[C@@H](C)CC)C(C)C. The average molecular weight is 1870 g/mol. The summed E-state index contributed by atoms with van der Waals surface area (Å²) >= 11 is 0. The number of hydrogen-bond acceptors (Lipinski definition) is 22. The van der Waals surface area contributed by atoms with Crippen molar-refractivity contribution in [1.82, 2.24) is 95.3 Å². The fourth-order valence-electron chi connectivity index (χ4n) is 13.9. The van der Waals surface area contributed by atoms with Gasteiger partial charge in [0.1, 0.15) is 84.6 Å². The number of guanidine groups is 1. The van der Waals surface area contributed by atoms with E-state index < -0.39 is 265 Å². The number of carboxylic acid groups (broad SMARTS) is 1. The highest BCUT2D eigenvalue weighted by atomic mass is 16.4. The summed E-state index contributed by atoms with van der Waals surface area (Å²) in [5.41, 5.74) is 23.1. The number of aliphatic imine (C=N–C) groups is 1. The number of carboxylic acids is 1. The average Bonchev–Trinajstić information content (AvgIpc) is 1.63. The van der Waals surface area contributed by atoms with Crippen LogP contribution in [0.1, 0.15) is 214 Å². The molecule has 0 spiro atoms. The molecule has 26 N–H and O–H groups in total. The Morgan fingerprint density at radius 1 is 0.402 bits per heavy atom. The van der Waals surface area contributed by atoms with Gasteiger partial charge in [-0.05, 0) is 125 Å². The van der Waals surface area contributed by atoms with Crippen LogP contribution in [0, 0.1) is 47.3 Å². The van der Waals surface area contributed by atoms with Crippen molar-refractivity contribution in [3.8, 4) is 0 Å². The predicted octanol–water partition coefficient (Wildman–Crippen LogP) is -3.63. The highest BCUT2D eigenvalue weighted by Gasteiger charge is 2.43. The number of nitrogens with one attached hydrogen (secondary N) is 17. The zero-order valence-electron chi connectivity index (χ0n) is 79.9. The number of hydrogen-bond donors (Lipinski definition) is 22. The van der Waals surface area contributed by atoms with Crippen LogP contribution < -0.4 is 113 Å². The third-order valence-corrected chi connectivity index (χ3v) is 22.5. The minimum absolute atomic E-state index is 0.0231. The van der Waals surface area contributed by atoms with Gasteiger partial charge in [-0.3, -0.25) is 96.1 Å². The molecule has 0 saturated carbocycles. The van der Waals surface area contributed by atoms with Crippen molar-refractivity contribution in [2.75, 3.05) is 39.3 Å². The summed E-state index contributed by atoms with van der Waals surface area (Å²) in [6, 6.07) is -9.93. The summed E-state index contributed by atoms with van der Waals surface area (Å²) in [5.74, 6) is -20.2. The molecule has 19 amide bonds. The van der Waals surface area contributed by atoms with E-state index in [0.29, 0.717) is 32.1 Å². The number of carbonyl (C=O) groups excluding carboxylic acids is 19. The topological polar surface area (TPSA) is 686 Å². The van der Waals surface area contributed by atoms with E-state index in [1.807, 2.05) is 51.1 Å². The molecule has 1 aromatic carbocycles. The second kappa shape index (κ2) is 58.6. The van der Waals surface area contributed by atoms with Gasteiger partial charge in [-0.25, -0.2) is 4.79 Å². The van der Waals surface area contributed by atoms with E-state index in [2.05, 4.69) is 95.4 Å². The van der Waals surface area contributed by atoms with Gasteiger partial charge in [0.15, 0.2) is 5.96 Å². The van der Waals surface area contributed by atoms with Crippen LogP contribution in [-0.2, 0) is 102 Å². The Morgan fingerprint density at radius 3 is 1.23 bits per heavy atom. The van der Waals surface area contributed by atoms with Gasteiger partial charge >= 0.3 is 5.97 Å². The zero-order valence-corrected chi connectivity index (χ0v) is 79.9. The largest absolute Gasteiger partial charge is 0.480 e. The van der Waals surface area contributed by atoms with Gasteiger partial charge < -0.3 is 123 Å². The zero-order chi connectivity index (χ0) is 100.